The summed E-state index contributed by atoms with van der Waals surface area (Å²) in [6.07, 6.45) is 1.43. The first-order valence-electron chi connectivity index (χ1n) is 8.86. The van der Waals surface area contributed by atoms with Crippen LogP contribution in [0.15, 0.2) is 71.3 Å². The predicted octanol–water partition coefficient (Wildman–Crippen LogP) is 2.94. The van der Waals surface area contributed by atoms with Crippen LogP contribution in [0.3, 0.4) is 0 Å². The molecule has 0 fully saturated rings. The van der Waals surface area contributed by atoms with E-state index in [2.05, 4.69) is 21.3 Å². The SMILES string of the molecule is CNC(=O)c1ccc(NC(=O)CNc2cccc(NC(=O)c3ccco3)c2)cc1. The van der Waals surface area contributed by atoms with Gasteiger partial charge in [-0.3, -0.25) is 14.4 Å². The van der Waals surface area contributed by atoms with Crippen LogP contribution in [0, 0.1) is 0 Å². The number of carbonyl (C=O) groups excluding carboxylic acids is 3. The lowest BCUT2D eigenvalue weighted by Gasteiger charge is -2.10. The molecule has 3 aromatic rings. The molecule has 0 aliphatic carbocycles. The molecule has 8 heteroatoms. The second-order valence-corrected chi connectivity index (χ2v) is 6.07. The minimum atomic E-state index is -0.356. The standard InChI is InChI=1S/C21H20N4O4/c1-22-20(27)14-7-9-15(10-8-14)24-19(26)13-23-16-4-2-5-17(12-16)25-21(28)18-6-3-11-29-18/h2-12,23H,13H2,1H3,(H,22,27)(H,24,26)(H,25,28). The molecule has 0 saturated carbocycles. The molecule has 8 nitrogen and oxygen atoms in total. The first kappa shape index (κ1) is 19.7. The highest BCUT2D eigenvalue weighted by molar-refractivity contribution is 6.02. The van der Waals surface area contributed by atoms with Gasteiger partial charge in [0.15, 0.2) is 5.76 Å². The molecule has 148 valence electrons. The molecule has 3 amide bonds. The van der Waals surface area contributed by atoms with Gasteiger partial charge in [-0.1, -0.05) is 6.07 Å². The van der Waals surface area contributed by atoms with Crippen LogP contribution >= 0.6 is 0 Å². The summed E-state index contributed by atoms with van der Waals surface area (Å²) in [5.41, 5.74) is 2.34. The van der Waals surface area contributed by atoms with E-state index in [4.69, 9.17) is 4.42 Å². The minimum absolute atomic E-state index is 0.0345. The van der Waals surface area contributed by atoms with Crippen molar-refractivity contribution in [3.05, 3.63) is 78.3 Å². The number of furan rings is 1. The van der Waals surface area contributed by atoms with Gasteiger partial charge >= 0.3 is 0 Å². The number of anilines is 3. The summed E-state index contributed by atoms with van der Waals surface area (Å²) >= 11 is 0. The van der Waals surface area contributed by atoms with Crippen LogP contribution in [0.25, 0.3) is 0 Å². The van der Waals surface area contributed by atoms with E-state index < -0.39 is 0 Å². The summed E-state index contributed by atoms with van der Waals surface area (Å²) in [4.78, 5) is 35.7. The van der Waals surface area contributed by atoms with Crippen molar-refractivity contribution >= 4 is 34.8 Å². The molecular formula is C21H20N4O4. The Morgan fingerprint density at radius 2 is 1.59 bits per heavy atom. The first-order chi connectivity index (χ1) is 14.0. The Morgan fingerprint density at radius 3 is 2.28 bits per heavy atom. The van der Waals surface area contributed by atoms with Gasteiger partial charge in [0.05, 0.1) is 12.8 Å². The van der Waals surface area contributed by atoms with Gasteiger partial charge in [-0.05, 0) is 54.6 Å². The van der Waals surface area contributed by atoms with Crippen molar-refractivity contribution in [2.24, 2.45) is 0 Å². The molecule has 0 unspecified atom stereocenters. The minimum Gasteiger partial charge on any atom is -0.459 e. The molecular weight excluding hydrogens is 372 g/mol. The Hall–Kier alpha value is -4.07. The second-order valence-electron chi connectivity index (χ2n) is 6.07. The van der Waals surface area contributed by atoms with Crippen LogP contribution < -0.4 is 21.3 Å². The third-order valence-corrected chi connectivity index (χ3v) is 3.98. The lowest BCUT2D eigenvalue weighted by molar-refractivity contribution is -0.114. The first-order valence-corrected chi connectivity index (χ1v) is 8.86. The summed E-state index contributed by atoms with van der Waals surface area (Å²) in [6.45, 7) is 0.0345. The summed E-state index contributed by atoms with van der Waals surface area (Å²) in [5.74, 6) is -0.582. The third kappa shape index (κ3) is 5.46. The van der Waals surface area contributed by atoms with E-state index >= 15 is 0 Å². The van der Waals surface area contributed by atoms with E-state index in [9.17, 15) is 14.4 Å². The average molecular weight is 392 g/mol. The number of amides is 3. The van der Waals surface area contributed by atoms with Crippen molar-refractivity contribution in [1.82, 2.24) is 5.32 Å². The van der Waals surface area contributed by atoms with Gasteiger partial charge in [-0.25, -0.2) is 0 Å². The lowest BCUT2D eigenvalue weighted by atomic mass is 10.2. The molecule has 2 aromatic carbocycles. The number of benzene rings is 2. The molecule has 0 aliphatic heterocycles. The molecule has 0 atom stereocenters. The Kier molecular flexibility index (Phi) is 6.26. The van der Waals surface area contributed by atoms with Gasteiger partial charge in [0, 0.05) is 29.7 Å². The normalized spacial score (nSPS) is 10.1. The fraction of sp³-hybridized carbons (Fsp3) is 0.0952. The van der Waals surface area contributed by atoms with E-state index in [0.717, 1.165) is 0 Å². The highest BCUT2D eigenvalue weighted by Gasteiger charge is 2.09. The summed E-state index contributed by atoms with van der Waals surface area (Å²) in [5, 5.41) is 11.0. The molecule has 0 spiro atoms. The number of rotatable bonds is 7. The van der Waals surface area contributed by atoms with Crippen molar-refractivity contribution in [3.63, 3.8) is 0 Å². The smallest absolute Gasteiger partial charge is 0.291 e. The van der Waals surface area contributed by atoms with Gasteiger partial charge in [-0.15, -0.1) is 0 Å². The quantitative estimate of drug-likeness (QED) is 0.494. The Bertz CT molecular complexity index is 998. The van der Waals surface area contributed by atoms with Crippen molar-refractivity contribution in [2.45, 2.75) is 0 Å². The van der Waals surface area contributed by atoms with Gasteiger partial charge < -0.3 is 25.7 Å². The van der Waals surface area contributed by atoms with E-state index in [1.54, 1.807) is 67.7 Å². The summed E-state index contributed by atoms with van der Waals surface area (Å²) < 4.78 is 5.06. The molecule has 0 radical (unpaired) electrons. The Balaban J connectivity index is 1.52. The van der Waals surface area contributed by atoms with Crippen molar-refractivity contribution in [1.29, 1.82) is 0 Å². The Morgan fingerprint density at radius 1 is 0.828 bits per heavy atom. The monoisotopic (exact) mass is 392 g/mol. The molecule has 29 heavy (non-hydrogen) atoms. The number of hydrogen-bond donors (Lipinski definition) is 4. The predicted molar refractivity (Wildman–Crippen MR) is 110 cm³/mol. The van der Waals surface area contributed by atoms with Crippen LogP contribution in [-0.2, 0) is 4.79 Å². The molecule has 0 saturated heterocycles. The van der Waals surface area contributed by atoms with Gasteiger partial charge in [0.1, 0.15) is 0 Å². The summed E-state index contributed by atoms with van der Waals surface area (Å²) in [6, 6.07) is 16.8. The molecule has 4 N–H and O–H groups in total. The molecule has 1 aromatic heterocycles. The molecule has 3 rings (SSSR count). The Labute approximate surface area is 167 Å². The fourth-order valence-corrected chi connectivity index (χ4v) is 2.54. The maximum atomic E-state index is 12.1. The van der Waals surface area contributed by atoms with E-state index in [-0.39, 0.29) is 30.0 Å². The third-order valence-electron chi connectivity index (χ3n) is 3.98. The van der Waals surface area contributed by atoms with Crippen LogP contribution in [-0.4, -0.2) is 31.3 Å². The highest BCUT2D eigenvalue weighted by Crippen LogP contribution is 2.16. The van der Waals surface area contributed by atoms with Crippen LogP contribution in [0.2, 0.25) is 0 Å². The number of nitrogens with one attached hydrogen (secondary N) is 4. The number of hydrogen-bond acceptors (Lipinski definition) is 5. The van der Waals surface area contributed by atoms with Crippen molar-refractivity contribution in [2.75, 3.05) is 29.5 Å². The summed E-state index contributed by atoms with van der Waals surface area (Å²) in [7, 11) is 1.56. The largest absolute Gasteiger partial charge is 0.459 e. The molecule has 0 aliphatic rings. The fourth-order valence-electron chi connectivity index (χ4n) is 2.54. The zero-order valence-corrected chi connectivity index (χ0v) is 15.7. The maximum Gasteiger partial charge on any atom is 0.291 e. The van der Waals surface area contributed by atoms with E-state index in [1.807, 2.05) is 0 Å². The van der Waals surface area contributed by atoms with Gasteiger partial charge in [-0.2, -0.15) is 0 Å². The zero-order valence-electron chi connectivity index (χ0n) is 15.7. The topological polar surface area (TPSA) is 112 Å². The zero-order chi connectivity index (χ0) is 20.6. The van der Waals surface area contributed by atoms with E-state index in [0.29, 0.717) is 22.6 Å². The van der Waals surface area contributed by atoms with Gasteiger partial charge in [0.25, 0.3) is 11.8 Å². The average Bonchev–Trinajstić information content (AvgIpc) is 3.28. The molecule has 0 bridgehead atoms. The molecule has 1 heterocycles. The van der Waals surface area contributed by atoms with Crippen LogP contribution in [0.4, 0.5) is 17.1 Å². The number of carbonyl (C=O) groups is 3. The van der Waals surface area contributed by atoms with Crippen molar-refractivity contribution in [3.8, 4) is 0 Å². The maximum absolute atomic E-state index is 12.1. The van der Waals surface area contributed by atoms with Crippen molar-refractivity contribution < 1.29 is 18.8 Å². The van der Waals surface area contributed by atoms with Gasteiger partial charge in [0.2, 0.25) is 5.91 Å². The van der Waals surface area contributed by atoms with Crippen LogP contribution in [0.5, 0.6) is 0 Å². The van der Waals surface area contributed by atoms with Crippen LogP contribution in [0.1, 0.15) is 20.9 Å². The van der Waals surface area contributed by atoms with E-state index in [1.165, 1.54) is 6.26 Å². The lowest BCUT2D eigenvalue weighted by Crippen LogP contribution is -2.22. The second kappa shape index (κ2) is 9.23. The highest BCUT2D eigenvalue weighted by atomic mass is 16.3.